The van der Waals surface area contributed by atoms with E-state index in [0.717, 1.165) is 28.4 Å². The van der Waals surface area contributed by atoms with E-state index in [1.54, 1.807) is 17.8 Å². The number of amides is 8. The number of benzene rings is 1. The summed E-state index contributed by atoms with van der Waals surface area (Å²) >= 11 is 0. The van der Waals surface area contributed by atoms with Crippen molar-refractivity contribution in [2.75, 3.05) is 13.1 Å². The number of para-hydroxylation sites is 1. The van der Waals surface area contributed by atoms with Crippen molar-refractivity contribution in [1.29, 1.82) is 0 Å². The van der Waals surface area contributed by atoms with Crippen LogP contribution in [0.3, 0.4) is 0 Å². The van der Waals surface area contributed by atoms with Crippen molar-refractivity contribution < 1.29 is 38.4 Å². The third kappa shape index (κ3) is 11.1. The summed E-state index contributed by atoms with van der Waals surface area (Å²) in [4.78, 5) is 114. The molecule has 0 radical (unpaired) electrons. The number of hydrogen-bond acceptors (Lipinski definition) is 11. The van der Waals surface area contributed by atoms with Crippen LogP contribution in [0.1, 0.15) is 114 Å². The van der Waals surface area contributed by atoms with Gasteiger partial charge in [0.15, 0.2) is 0 Å². The van der Waals surface area contributed by atoms with Gasteiger partial charge in [-0.2, -0.15) is 0 Å². The first-order valence-corrected chi connectivity index (χ1v) is 24.6. The van der Waals surface area contributed by atoms with E-state index in [2.05, 4.69) is 36.8 Å². The van der Waals surface area contributed by atoms with Gasteiger partial charge in [-0.15, -0.1) is 5.10 Å². The average Bonchev–Trinajstić information content (AvgIpc) is 4.08. The van der Waals surface area contributed by atoms with Gasteiger partial charge in [-0.05, 0) is 92.6 Å². The summed E-state index contributed by atoms with van der Waals surface area (Å²) in [5.41, 5.74) is 19.9. The Hall–Kier alpha value is -6.38. The Morgan fingerprint density at radius 3 is 2.23 bits per heavy atom. The van der Waals surface area contributed by atoms with Crippen LogP contribution < -0.4 is 43.8 Å². The van der Waals surface area contributed by atoms with Crippen molar-refractivity contribution in [2.24, 2.45) is 46.8 Å². The molecule has 3 aromatic rings. The van der Waals surface area contributed by atoms with Crippen LogP contribution in [0.4, 0.5) is 0 Å². The highest BCUT2D eigenvalue weighted by Crippen LogP contribution is 2.59. The number of aromatic nitrogens is 4. The molecule has 21 nitrogen and oxygen atoms in total. The Balaban J connectivity index is 1.13. The minimum Gasteiger partial charge on any atom is -0.370 e. The lowest BCUT2D eigenvalue weighted by Crippen LogP contribution is -2.60. The number of carbonyl (C=O) groups excluding carboxylic acids is 8. The molecule has 2 saturated heterocycles. The van der Waals surface area contributed by atoms with E-state index < -0.39 is 108 Å². The van der Waals surface area contributed by atoms with Crippen LogP contribution in [0.25, 0.3) is 10.9 Å². The van der Waals surface area contributed by atoms with Crippen LogP contribution in [0.5, 0.6) is 0 Å². The number of H-pyrrole nitrogens is 1. The molecule has 6 fully saturated rings. The van der Waals surface area contributed by atoms with Crippen LogP contribution in [-0.4, -0.2) is 121 Å². The van der Waals surface area contributed by atoms with Gasteiger partial charge in [0, 0.05) is 55.1 Å². The molecule has 8 atom stereocenters. The molecule has 4 bridgehead atoms. The summed E-state index contributed by atoms with van der Waals surface area (Å²) < 4.78 is 1.73. The molecule has 8 amide bonds. The molecule has 4 heterocycles. The number of nitrogens with two attached hydrogens (primary N) is 3. The van der Waals surface area contributed by atoms with Crippen LogP contribution in [0, 0.1) is 29.6 Å². The normalized spacial score (nSPS) is 32.4. The third-order valence-electron chi connectivity index (χ3n) is 15.5. The molecule has 0 spiro atoms. The van der Waals surface area contributed by atoms with Gasteiger partial charge >= 0.3 is 0 Å². The number of aromatic amines is 1. The lowest BCUT2D eigenvalue weighted by Gasteiger charge is -2.53. The molecule has 2 aromatic heterocycles. The van der Waals surface area contributed by atoms with Gasteiger partial charge in [0.2, 0.25) is 47.3 Å². The molecule has 3 unspecified atom stereocenters. The van der Waals surface area contributed by atoms with Crippen LogP contribution in [-0.2, 0) is 44.8 Å². The maximum absolute atomic E-state index is 15.2. The molecule has 4 saturated carbocycles. The van der Waals surface area contributed by atoms with Crippen molar-refractivity contribution in [2.45, 2.75) is 146 Å². The maximum Gasteiger partial charge on any atom is 0.246 e. The Kier molecular flexibility index (Phi) is 15.0. The zero-order chi connectivity index (χ0) is 49.1. The van der Waals surface area contributed by atoms with Gasteiger partial charge in [0.05, 0.1) is 30.6 Å². The van der Waals surface area contributed by atoms with E-state index in [1.165, 1.54) is 37.0 Å². The molecule has 12 N–H and O–H groups in total. The highest BCUT2D eigenvalue weighted by Gasteiger charge is 2.50. The number of fused-ring (bicyclic) bond motifs is 2. The fraction of sp³-hybridized carbons (Fsp3) is 0.625. The summed E-state index contributed by atoms with van der Waals surface area (Å²) in [6, 6.07) is -0.860. The number of nitrogens with zero attached hydrogens (tertiary/aromatic N) is 4. The lowest BCUT2D eigenvalue weighted by molar-refractivity contribution is -0.143. The van der Waals surface area contributed by atoms with Crippen LogP contribution >= 0.6 is 0 Å². The highest BCUT2D eigenvalue weighted by molar-refractivity contribution is 5.99. The van der Waals surface area contributed by atoms with E-state index in [0.29, 0.717) is 36.7 Å². The summed E-state index contributed by atoms with van der Waals surface area (Å²) in [5.74, 6) is -3.69. The van der Waals surface area contributed by atoms with Crippen molar-refractivity contribution in [3.8, 4) is 0 Å². The summed E-state index contributed by atoms with van der Waals surface area (Å²) in [5, 5.41) is 23.7. The standard InChI is InChI=1S/C48H67N13O8/c1-3-24(2)42-48(69)60-22-30(61-23-37(58-59-61)41-27-13-25-12-26(15-27)16-28(41)14-25)18-38(60)47(68)56-35(17-29-21-53-33-9-5-4-8-31(29)33)45(66)54-34(43(51)64)10-6-7-11-52-40(63)19-32(49)44(65)55-36(20-39(50)62)46(67)57-42/h4-5,8-9,21,23-28,30,32,34-36,38,41-42,53H,3,6-7,10-20,22,49H2,1-2H3,(H2,50,62)(H2,51,64)(H,52,63)(H,54,66)(H,55,65)(H,56,68)(H,57,67)/t24-,25?,26?,27?,28?,30?,32-,34?,35-,36?,38-,41?,42-/m0/s1. The number of nitrogens with one attached hydrogen (secondary N) is 6. The maximum atomic E-state index is 15.2. The molecule has 2 aliphatic heterocycles. The average molecular weight is 954 g/mol. The molecule has 6 aliphatic rings. The first-order chi connectivity index (χ1) is 33.1. The predicted molar refractivity (Wildman–Crippen MR) is 251 cm³/mol. The highest BCUT2D eigenvalue weighted by atomic mass is 16.2. The Morgan fingerprint density at radius 1 is 0.841 bits per heavy atom. The zero-order valence-corrected chi connectivity index (χ0v) is 39.4. The Labute approximate surface area is 400 Å². The molecule has 372 valence electrons. The zero-order valence-electron chi connectivity index (χ0n) is 39.4. The van der Waals surface area contributed by atoms with E-state index in [1.807, 2.05) is 37.4 Å². The molecular weight excluding hydrogens is 887 g/mol. The number of rotatable bonds is 9. The van der Waals surface area contributed by atoms with Gasteiger partial charge in [-0.25, -0.2) is 4.68 Å². The minimum absolute atomic E-state index is 0.00171. The smallest absolute Gasteiger partial charge is 0.246 e. The largest absolute Gasteiger partial charge is 0.370 e. The summed E-state index contributed by atoms with van der Waals surface area (Å²) in [7, 11) is 0. The molecular formula is C48H67N13O8. The van der Waals surface area contributed by atoms with Crippen LogP contribution in [0.2, 0.25) is 0 Å². The van der Waals surface area contributed by atoms with E-state index in [9.17, 15) is 33.6 Å². The fourth-order valence-electron chi connectivity index (χ4n) is 12.0. The first-order valence-electron chi connectivity index (χ1n) is 24.6. The van der Waals surface area contributed by atoms with Crippen molar-refractivity contribution in [3.63, 3.8) is 0 Å². The number of carbonyl (C=O) groups is 8. The third-order valence-corrected chi connectivity index (χ3v) is 15.5. The topological polar surface area (TPSA) is 325 Å². The summed E-state index contributed by atoms with van der Waals surface area (Å²) in [6.07, 6.45) is 9.94. The second-order valence-corrected chi connectivity index (χ2v) is 20.3. The quantitative estimate of drug-likeness (QED) is 0.138. The van der Waals surface area contributed by atoms with E-state index >= 15 is 4.79 Å². The van der Waals surface area contributed by atoms with Crippen molar-refractivity contribution >= 4 is 58.2 Å². The Bertz CT molecular complexity index is 2410. The van der Waals surface area contributed by atoms with Gasteiger partial charge in [0.25, 0.3) is 0 Å². The van der Waals surface area contributed by atoms with Gasteiger partial charge in [-0.1, -0.05) is 43.7 Å². The SMILES string of the molecule is CC[C@H](C)[C@@H]1NC(=O)C(CC(N)=O)NC(=O)[C@@H](N)CC(=O)NCCCCC(C(N)=O)NC(=O)[C@H](Cc2c[nH]c3ccccc23)NC(=O)[C@@H]2CC(n3cc(C4C5CC6CC(C5)CC4C6)nn3)CN2C1=O. The molecule has 69 heavy (non-hydrogen) atoms. The molecule has 9 rings (SSSR count). The first kappa shape index (κ1) is 49.1. The number of primary amides is 2. The monoisotopic (exact) mass is 954 g/mol. The van der Waals surface area contributed by atoms with Crippen molar-refractivity contribution in [3.05, 3.63) is 47.9 Å². The van der Waals surface area contributed by atoms with E-state index in [4.69, 9.17) is 22.3 Å². The molecule has 21 heteroatoms. The second-order valence-electron chi connectivity index (χ2n) is 20.3. The predicted octanol–water partition coefficient (Wildman–Crippen LogP) is 0.0473. The van der Waals surface area contributed by atoms with Gasteiger partial charge < -0.3 is 53.7 Å². The second kappa shape index (κ2) is 21.1. The molecule has 1 aromatic carbocycles. The Morgan fingerprint density at radius 2 is 1.54 bits per heavy atom. The summed E-state index contributed by atoms with van der Waals surface area (Å²) in [6.45, 7) is 3.71. The van der Waals surface area contributed by atoms with Gasteiger partial charge in [0.1, 0.15) is 30.2 Å². The minimum atomic E-state index is -1.56. The lowest BCUT2D eigenvalue weighted by atomic mass is 9.51. The molecule has 4 aliphatic carbocycles. The van der Waals surface area contributed by atoms with Crippen LogP contribution in [0.15, 0.2) is 36.7 Å². The van der Waals surface area contributed by atoms with Gasteiger partial charge in [-0.3, -0.25) is 38.4 Å². The number of hydrogen-bond donors (Lipinski definition) is 9. The fourth-order valence-corrected chi connectivity index (χ4v) is 12.0. The van der Waals surface area contributed by atoms with E-state index in [-0.39, 0.29) is 38.3 Å². The van der Waals surface area contributed by atoms with Crippen molar-refractivity contribution in [1.82, 2.24) is 51.5 Å².